The molecular formula is C19H30N2. The zero-order chi connectivity index (χ0) is 14.5. The maximum Gasteiger partial charge on any atom is 0.0242 e. The molecule has 0 saturated heterocycles. The van der Waals surface area contributed by atoms with Crippen LogP contribution < -0.4 is 11.3 Å². The summed E-state index contributed by atoms with van der Waals surface area (Å²) < 4.78 is 0. The third kappa shape index (κ3) is 3.87. The summed E-state index contributed by atoms with van der Waals surface area (Å²) >= 11 is 0. The maximum absolute atomic E-state index is 5.89. The Labute approximate surface area is 129 Å². The first-order chi connectivity index (χ1) is 10.4. The molecule has 4 atom stereocenters. The number of hydrogen-bond donors (Lipinski definition) is 2. The van der Waals surface area contributed by atoms with Crippen molar-refractivity contribution < 1.29 is 0 Å². The molecule has 3 rings (SSSR count). The minimum Gasteiger partial charge on any atom is -0.271 e. The highest BCUT2D eigenvalue weighted by molar-refractivity contribution is 5.14. The van der Waals surface area contributed by atoms with Gasteiger partial charge < -0.3 is 0 Å². The lowest BCUT2D eigenvalue weighted by Crippen LogP contribution is -2.44. The largest absolute Gasteiger partial charge is 0.271 e. The van der Waals surface area contributed by atoms with Gasteiger partial charge >= 0.3 is 0 Å². The molecule has 0 aliphatic heterocycles. The molecule has 0 heterocycles. The van der Waals surface area contributed by atoms with Crippen molar-refractivity contribution in [3.8, 4) is 0 Å². The Balaban J connectivity index is 1.53. The van der Waals surface area contributed by atoms with Crippen LogP contribution in [-0.2, 0) is 6.42 Å². The summed E-state index contributed by atoms with van der Waals surface area (Å²) in [5.74, 6) is 8.70. The van der Waals surface area contributed by atoms with Crippen molar-refractivity contribution in [2.24, 2.45) is 23.6 Å². The topological polar surface area (TPSA) is 38.0 Å². The van der Waals surface area contributed by atoms with Gasteiger partial charge in [-0.15, -0.1) is 0 Å². The standard InChI is InChI=1S/C19H30N2/c20-21-19(13-10-15-6-2-1-3-7-15)18-12-11-16-8-4-5-9-17(16)14-18/h1-3,6-7,16-19,21H,4-5,8-14,20H2. The van der Waals surface area contributed by atoms with Crippen LogP contribution in [0, 0.1) is 17.8 Å². The molecule has 2 aliphatic carbocycles. The van der Waals surface area contributed by atoms with Crippen LogP contribution in [0.4, 0.5) is 0 Å². The molecule has 116 valence electrons. The average Bonchev–Trinajstić information content (AvgIpc) is 2.56. The summed E-state index contributed by atoms with van der Waals surface area (Å²) in [6.45, 7) is 0. The number of benzene rings is 1. The summed E-state index contributed by atoms with van der Waals surface area (Å²) in [6, 6.07) is 11.3. The fourth-order valence-corrected chi connectivity index (χ4v) is 4.70. The van der Waals surface area contributed by atoms with E-state index in [0.29, 0.717) is 6.04 Å². The van der Waals surface area contributed by atoms with Crippen molar-refractivity contribution in [1.82, 2.24) is 5.43 Å². The van der Waals surface area contributed by atoms with Gasteiger partial charge in [0.15, 0.2) is 0 Å². The molecule has 0 radical (unpaired) electrons. The molecule has 1 aromatic rings. The smallest absolute Gasteiger partial charge is 0.0242 e. The van der Waals surface area contributed by atoms with Gasteiger partial charge in [-0.05, 0) is 55.4 Å². The van der Waals surface area contributed by atoms with Gasteiger partial charge in [-0.3, -0.25) is 11.3 Å². The number of hydrazine groups is 1. The molecule has 3 N–H and O–H groups in total. The van der Waals surface area contributed by atoms with Crippen LogP contribution >= 0.6 is 0 Å². The van der Waals surface area contributed by atoms with Gasteiger partial charge in [0.05, 0.1) is 0 Å². The number of aryl methyl sites for hydroxylation is 1. The first kappa shape index (κ1) is 15.1. The van der Waals surface area contributed by atoms with Crippen molar-refractivity contribution in [2.45, 2.75) is 63.8 Å². The van der Waals surface area contributed by atoms with Crippen LogP contribution in [-0.4, -0.2) is 6.04 Å². The van der Waals surface area contributed by atoms with Crippen LogP contribution in [0.2, 0.25) is 0 Å². The Morgan fingerprint density at radius 3 is 2.52 bits per heavy atom. The van der Waals surface area contributed by atoms with Gasteiger partial charge in [0.2, 0.25) is 0 Å². The van der Waals surface area contributed by atoms with Crippen molar-refractivity contribution in [1.29, 1.82) is 0 Å². The van der Waals surface area contributed by atoms with Crippen LogP contribution in [0.3, 0.4) is 0 Å². The quantitative estimate of drug-likeness (QED) is 0.633. The summed E-state index contributed by atoms with van der Waals surface area (Å²) in [7, 11) is 0. The predicted octanol–water partition coefficient (Wildman–Crippen LogP) is 4.06. The van der Waals surface area contributed by atoms with E-state index in [9.17, 15) is 0 Å². The molecule has 0 amide bonds. The normalized spacial score (nSPS) is 30.6. The molecule has 1 aromatic carbocycles. The Morgan fingerprint density at radius 1 is 1.00 bits per heavy atom. The molecule has 21 heavy (non-hydrogen) atoms. The highest BCUT2D eigenvalue weighted by Gasteiger charge is 2.34. The summed E-state index contributed by atoms with van der Waals surface area (Å²) in [6.07, 6.45) is 12.4. The Morgan fingerprint density at radius 2 is 1.76 bits per heavy atom. The molecule has 2 aliphatic rings. The predicted molar refractivity (Wildman–Crippen MR) is 88.7 cm³/mol. The van der Waals surface area contributed by atoms with E-state index < -0.39 is 0 Å². The Kier molecular flexibility index (Phi) is 5.32. The van der Waals surface area contributed by atoms with Gasteiger partial charge in [0.25, 0.3) is 0 Å². The van der Waals surface area contributed by atoms with Gasteiger partial charge in [0, 0.05) is 6.04 Å². The monoisotopic (exact) mass is 286 g/mol. The van der Waals surface area contributed by atoms with Crippen molar-refractivity contribution in [3.63, 3.8) is 0 Å². The number of hydrogen-bond acceptors (Lipinski definition) is 2. The van der Waals surface area contributed by atoms with E-state index in [-0.39, 0.29) is 0 Å². The van der Waals surface area contributed by atoms with Crippen molar-refractivity contribution >= 4 is 0 Å². The number of nitrogens with one attached hydrogen (secondary N) is 1. The summed E-state index contributed by atoms with van der Waals surface area (Å²) in [5.41, 5.74) is 4.57. The molecule has 0 bridgehead atoms. The fraction of sp³-hybridized carbons (Fsp3) is 0.684. The van der Waals surface area contributed by atoms with Crippen LogP contribution in [0.5, 0.6) is 0 Å². The van der Waals surface area contributed by atoms with E-state index in [1.165, 1.54) is 56.9 Å². The van der Waals surface area contributed by atoms with Crippen LogP contribution in [0.1, 0.15) is 56.9 Å². The second kappa shape index (κ2) is 7.42. The summed E-state index contributed by atoms with van der Waals surface area (Å²) in [5, 5.41) is 0. The lowest BCUT2D eigenvalue weighted by molar-refractivity contribution is 0.107. The Bertz CT molecular complexity index is 417. The van der Waals surface area contributed by atoms with E-state index in [1.54, 1.807) is 0 Å². The Hall–Kier alpha value is -0.860. The second-order valence-electron chi connectivity index (χ2n) is 7.18. The van der Waals surface area contributed by atoms with Crippen LogP contribution in [0.25, 0.3) is 0 Å². The lowest BCUT2D eigenvalue weighted by Gasteiger charge is -2.42. The lowest BCUT2D eigenvalue weighted by atomic mass is 9.66. The van der Waals surface area contributed by atoms with Crippen molar-refractivity contribution in [2.75, 3.05) is 0 Å². The van der Waals surface area contributed by atoms with Crippen molar-refractivity contribution in [3.05, 3.63) is 35.9 Å². The van der Waals surface area contributed by atoms with E-state index in [0.717, 1.165) is 24.2 Å². The first-order valence-corrected chi connectivity index (χ1v) is 8.87. The molecular weight excluding hydrogens is 256 g/mol. The molecule has 0 aromatic heterocycles. The minimum absolute atomic E-state index is 0.494. The van der Waals surface area contributed by atoms with Gasteiger partial charge in [0.1, 0.15) is 0 Å². The van der Waals surface area contributed by atoms with Gasteiger partial charge in [-0.25, -0.2) is 0 Å². The zero-order valence-corrected chi connectivity index (χ0v) is 13.1. The minimum atomic E-state index is 0.494. The second-order valence-corrected chi connectivity index (χ2v) is 7.18. The van der Waals surface area contributed by atoms with Gasteiger partial charge in [-0.1, -0.05) is 56.0 Å². The zero-order valence-electron chi connectivity index (χ0n) is 13.1. The highest BCUT2D eigenvalue weighted by atomic mass is 15.2. The van der Waals surface area contributed by atoms with E-state index in [4.69, 9.17) is 5.84 Å². The SMILES string of the molecule is NNC(CCc1ccccc1)C1CCC2CCCCC2C1. The van der Waals surface area contributed by atoms with Crippen LogP contribution in [0.15, 0.2) is 30.3 Å². The van der Waals surface area contributed by atoms with E-state index in [1.807, 2.05) is 0 Å². The van der Waals surface area contributed by atoms with E-state index >= 15 is 0 Å². The van der Waals surface area contributed by atoms with Gasteiger partial charge in [-0.2, -0.15) is 0 Å². The third-order valence-electron chi connectivity index (χ3n) is 5.95. The molecule has 2 saturated carbocycles. The third-order valence-corrected chi connectivity index (χ3v) is 5.95. The highest BCUT2D eigenvalue weighted by Crippen LogP contribution is 2.43. The van der Waals surface area contributed by atoms with E-state index in [2.05, 4.69) is 35.8 Å². The summed E-state index contributed by atoms with van der Waals surface area (Å²) in [4.78, 5) is 0. The number of nitrogens with two attached hydrogens (primary N) is 1. The maximum atomic E-state index is 5.89. The fourth-order valence-electron chi connectivity index (χ4n) is 4.70. The molecule has 4 unspecified atom stereocenters. The molecule has 2 heteroatoms. The first-order valence-electron chi connectivity index (χ1n) is 8.87. The molecule has 0 spiro atoms. The average molecular weight is 286 g/mol. The number of rotatable bonds is 5. The molecule has 2 nitrogen and oxygen atoms in total. The number of fused-ring (bicyclic) bond motifs is 1. The molecule has 2 fully saturated rings.